The minimum Gasteiger partial charge on any atom is -0.482 e. The van der Waals surface area contributed by atoms with Crippen LogP contribution in [0.1, 0.15) is 24.6 Å². The number of rotatable bonds is 4. The van der Waals surface area contributed by atoms with Crippen LogP contribution in [0.2, 0.25) is 0 Å². The molecule has 162 valence electrons. The van der Waals surface area contributed by atoms with Crippen LogP contribution in [0.5, 0.6) is 5.75 Å². The topological polar surface area (TPSA) is 62.1 Å². The second-order valence-corrected chi connectivity index (χ2v) is 8.33. The summed E-state index contributed by atoms with van der Waals surface area (Å²) in [6.07, 6.45) is 3.27. The average Bonchev–Trinajstić information content (AvgIpc) is 2.93. The van der Waals surface area contributed by atoms with Crippen molar-refractivity contribution in [2.24, 2.45) is 0 Å². The Kier molecular flexibility index (Phi) is 5.38. The van der Waals surface area contributed by atoms with Gasteiger partial charge in [-0.15, -0.1) is 0 Å². The third kappa shape index (κ3) is 3.79. The summed E-state index contributed by atoms with van der Waals surface area (Å²) in [5, 5.41) is 3.48. The number of pyridine rings is 1. The van der Waals surface area contributed by atoms with Crippen LogP contribution in [0.3, 0.4) is 0 Å². The molecule has 1 fully saturated rings. The maximum absolute atomic E-state index is 12.3. The fraction of sp³-hybridized carbons (Fsp3) is 0.417. The number of ether oxygens (including phenoxy) is 1. The first kappa shape index (κ1) is 20.0. The molecule has 31 heavy (non-hydrogen) atoms. The van der Waals surface area contributed by atoms with E-state index in [0.717, 1.165) is 67.5 Å². The van der Waals surface area contributed by atoms with Crippen LogP contribution in [0.15, 0.2) is 36.5 Å². The van der Waals surface area contributed by atoms with E-state index in [9.17, 15) is 4.79 Å². The lowest BCUT2D eigenvalue weighted by Gasteiger charge is -2.28. The van der Waals surface area contributed by atoms with Crippen LogP contribution >= 0.6 is 0 Å². The van der Waals surface area contributed by atoms with Gasteiger partial charge < -0.3 is 19.4 Å². The smallest absolute Gasteiger partial charge is 0.265 e. The second-order valence-electron chi connectivity index (χ2n) is 8.33. The zero-order valence-electron chi connectivity index (χ0n) is 18.2. The first-order chi connectivity index (χ1) is 15.1. The van der Waals surface area contributed by atoms with E-state index >= 15 is 0 Å². The normalized spacial score (nSPS) is 17.5. The molecule has 0 saturated carbocycles. The Morgan fingerprint density at radius 1 is 1.16 bits per heavy atom. The summed E-state index contributed by atoms with van der Waals surface area (Å²) in [6.45, 7) is 9.82. The molecule has 4 heterocycles. The fourth-order valence-electron chi connectivity index (χ4n) is 4.55. The highest BCUT2D eigenvalue weighted by Gasteiger charge is 2.26. The third-order valence-electron chi connectivity index (χ3n) is 6.18. The molecule has 5 rings (SSSR count). The highest BCUT2D eigenvalue weighted by atomic mass is 16.5. The van der Waals surface area contributed by atoms with E-state index in [2.05, 4.69) is 52.0 Å². The zero-order valence-corrected chi connectivity index (χ0v) is 18.2. The van der Waals surface area contributed by atoms with Gasteiger partial charge in [-0.2, -0.15) is 0 Å². The van der Waals surface area contributed by atoms with Crippen molar-refractivity contribution in [3.05, 3.63) is 47.8 Å². The van der Waals surface area contributed by atoms with Gasteiger partial charge in [-0.05, 0) is 69.3 Å². The molecule has 1 saturated heterocycles. The van der Waals surface area contributed by atoms with Crippen molar-refractivity contribution in [1.29, 1.82) is 0 Å². The van der Waals surface area contributed by atoms with Crippen molar-refractivity contribution in [1.82, 2.24) is 19.6 Å². The maximum Gasteiger partial charge on any atom is 0.265 e. The highest BCUT2D eigenvalue weighted by molar-refractivity contribution is 5.98. The van der Waals surface area contributed by atoms with Crippen molar-refractivity contribution in [2.75, 3.05) is 44.2 Å². The molecule has 3 aromatic rings. The van der Waals surface area contributed by atoms with Crippen LogP contribution in [-0.4, -0.2) is 59.5 Å². The van der Waals surface area contributed by atoms with E-state index in [4.69, 9.17) is 9.72 Å². The molecule has 2 aliphatic heterocycles. The summed E-state index contributed by atoms with van der Waals surface area (Å²) in [6, 6.07) is 10.3. The van der Waals surface area contributed by atoms with Crippen molar-refractivity contribution >= 4 is 17.2 Å². The summed E-state index contributed by atoms with van der Waals surface area (Å²) in [7, 11) is 0. The van der Waals surface area contributed by atoms with E-state index in [0.29, 0.717) is 6.54 Å². The van der Waals surface area contributed by atoms with E-state index in [1.807, 2.05) is 13.0 Å². The molecular formula is C24H29N5O2. The number of aromatic nitrogens is 2. The average molecular weight is 420 g/mol. The van der Waals surface area contributed by atoms with E-state index in [1.54, 1.807) is 4.90 Å². The number of hydrogen-bond donors (Lipinski definition) is 1. The van der Waals surface area contributed by atoms with Gasteiger partial charge in [0.2, 0.25) is 0 Å². The zero-order chi connectivity index (χ0) is 21.4. The summed E-state index contributed by atoms with van der Waals surface area (Å²) in [5.74, 6) is 0.750. The summed E-state index contributed by atoms with van der Waals surface area (Å²) >= 11 is 0. The molecule has 7 nitrogen and oxygen atoms in total. The molecule has 1 aromatic carbocycles. The molecule has 2 aromatic heterocycles. The molecule has 0 unspecified atom stereocenters. The minimum atomic E-state index is -0.00457. The van der Waals surface area contributed by atoms with Gasteiger partial charge in [0.05, 0.1) is 17.1 Å². The van der Waals surface area contributed by atoms with Crippen molar-refractivity contribution in [3.63, 3.8) is 0 Å². The van der Waals surface area contributed by atoms with Crippen LogP contribution in [-0.2, 0) is 11.3 Å². The monoisotopic (exact) mass is 419 g/mol. The Labute approximate surface area is 182 Å². The standard InChI is InChI=1S/C24H29N5O2/c1-3-28-19-14-18(5-6-21(19)31-16-23(28)30)24-20(15-27-10-4-8-25-9-12-27)29-11-7-17(2)13-22(29)26-24/h5-7,11,13-14,25H,3-4,8-10,12,15-16H2,1-2H3. The summed E-state index contributed by atoms with van der Waals surface area (Å²) in [5.41, 5.74) is 6.14. The molecule has 0 radical (unpaired) electrons. The van der Waals surface area contributed by atoms with E-state index in [1.165, 1.54) is 11.3 Å². The molecule has 2 aliphatic rings. The van der Waals surface area contributed by atoms with Crippen molar-refractivity contribution < 1.29 is 9.53 Å². The molecule has 0 aliphatic carbocycles. The first-order valence-electron chi connectivity index (χ1n) is 11.1. The van der Waals surface area contributed by atoms with E-state index in [-0.39, 0.29) is 12.5 Å². The maximum atomic E-state index is 12.3. The summed E-state index contributed by atoms with van der Waals surface area (Å²) < 4.78 is 7.87. The highest BCUT2D eigenvalue weighted by Crippen LogP contribution is 2.37. The Bertz CT molecular complexity index is 1110. The first-order valence-corrected chi connectivity index (χ1v) is 11.1. The lowest BCUT2D eigenvalue weighted by molar-refractivity contribution is -0.121. The van der Waals surface area contributed by atoms with E-state index < -0.39 is 0 Å². The molecule has 1 amide bonds. The molecule has 0 atom stereocenters. The Balaban J connectivity index is 1.61. The van der Waals surface area contributed by atoms with Crippen LogP contribution in [0, 0.1) is 6.92 Å². The molecular weight excluding hydrogens is 390 g/mol. The van der Waals surface area contributed by atoms with Gasteiger partial charge in [-0.1, -0.05) is 0 Å². The molecule has 1 N–H and O–H groups in total. The number of amides is 1. The number of imidazole rings is 1. The lowest BCUT2D eigenvalue weighted by Crippen LogP contribution is -2.38. The van der Waals surface area contributed by atoms with Gasteiger partial charge in [0.15, 0.2) is 6.61 Å². The van der Waals surface area contributed by atoms with Gasteiger partial charge in [-0.25, -0.2) is 4.98 Å². The predicted molar refractivity (Wildman–Crippen MR) is 122 cm³/mol. The number of likely N-dealkylation sites (N-methyl/N-ethyl adjacent to an activating group) is 1. The molecule has 7 heteroatoms. The number of benzene rings is 1. The number of anilines is 1. The van der Waals surface area contributed by atoms with Gasteiger partial charge in [-0.3, -0.25) is 9.69 Å². The largest absolute Gasteiger partial charge is 0.482 e. The Morgan fingerprint density at radius 3 is 2.94 bits per heavy atom. The van der Waals surface area contributed by atoms with Crippen molar-refractivity contribution in [2.45, 2.75) is 26.8 Å². The number of carbonyl (C=O) groups is 1. The SMILES string of the molecule is CCN1C(=O)COc2ccc(-c3nc4cc(C)ccn4c3CN3CCCNCC3)cc21. The Hall–Kier alpha value is -2.90. The number of nitrogens with zero attached hydrogens (tertiary/aromatic N) is 4. The van der Waals surface area contributed by atoms with Gasteiger partial charge in [0.25, 0.3) is 5.91 Å². The number of aryl methyl sites for hydroxylation is 1. The van der Waals surface area contributed by atoms with Crippen LogP contribution in [0.25, 0.3) is 16.9 Å². The number of carbonyl (C=O) groups excluding carboxylic acids is 1. The third-order valence-corrected chi connectivity index (χ3v) is 6.18. The molecule has 0 bridgehead atoms. The van der Waals surface area contributed by atoms with Gasteiger partial charge in [0, 0.05) is 37.9 Å². The summed E-state index contributed by atoms with van der Waals surface area (Å²) in [4.78, 5) is 21.7. The van der Waals surface area contributed by atoms with Crippen molar-refractivity contribution in [3.8, 4) is 17.0 Å². The molecule has 0 spiro atoms. The number of fused-ring (bicyclic) bond motifs is 2. The Morgan fingerprint density at radius 2 is 2.06 bits per heavy atom. The number of hydrogen-bond acceptors (Lipinski definition) is 5. The quantitative estimate of drug-likeness (QED) is 0.705. The van der Waals surface area contributed by atoms with Gasteiger partial charge in [0.1, 0.15) is 11.4 Å². The minimum absolute atomic E-state index is 0.00457. The fourth-order valence-corrected chi connectivity index (χ4v) is 4.55. The van der Waals surface area contributed by atoms with Gasteiger partial charge >= 0.3 is 0 Å². The lowest BCUT2D eigenvalue weighted by atomic mass is 10.1. The van der Waals surface area contributed by atoms with Crippen LogP contribution < -0.4 is 15.0 Å². The van der Waals surface area contributed by atoms with Crippen LogP contribution in [0.4, 0.5) is 5.69 Å². The predicted octanol–water partition coefficient (Wildman–Crippen LogP) is 2.85. The number of nitrogens with one attached hydrogen (secondary N) is 1. The second kappa shape index (κ2) is 8.32.